The Bertz CT molecular complexity index is 638. The van der Waals surface area contributed by atoms with Crippen LogP contribution in [-0.4, -0.2) is 56.3 Å². The van der Waals surface area contributed by atoms with Crippen molar-refractivity contribution in [1.29, 1.82) is 0 Å². The van der Waals surface area contributed by atoms with E-state index in [1.807, 2.05) is 6.92 Å². The molecular weight excluding hydrogens is 465 g/mol. The standard InChI is InChI=1S/C19H28F2N4O.HI/c1-4-22-19(24-15-10-12-8-9-17(15)26-12)23-11-16(25(2)3)18-13(20)6-5-7-14(18)21;/h5-7,12,15-17H,4,8-11H2,1-3H3,(H2,22,23,24);1H. The largest absolute Gasteiger partial charge is 0.373 e. The van der Waals surface area contributed by atoms with Crippen LogP contribution in [0, 0.1) is 11.6 Å². The van der Waals surface area contributed by atoms with Crippen LogP contribution in [0.2, 0.25) is 0 Å². The van der Waals surface area contributed by atoms with Gasteiger partial charge in [-0.1, -0.05) is 6.07 Å². The Morgan fingerprint density at radius 2 is 2.00 bits per heavy atom. The highest BCUT2D eigenvalue weighted by Crippen LogP contribution is 2.34. The minimum atomic E-state index is -0.543. The molecule has 2 aliphatic heterocycles. The highest BCUT2D eigenvalue weighted by Gasteiger charge is 2.41. The molecule has 1 aromatic rings. The summed E-state index contributed by atoms with van der Waals surface area (Å²) in [6.07, 6.45) is 3.77. The lowest BCUT2D eigenvalue weighted by Gasteiger charge is -2.26. The van der Waals surface area contributed by atoms with Crippen molar-refractivity contribution in [3.05, 3.63) is 35.4 Å². The van der Waals surface area contributed by atoms with Gasteiger partial charge in [0.15, 0.2) is 5.96 Å². The van der Waals surface area contributed by atoms with Gasteiger partial charge in [0.05, 0.1) is 30.8 Å². The molecule has 0 amide bonds. The minimum Gasteiger partial charge on any atom is -0.373 e. The molecule has 152 valence electrons. The Kier molecular flexibility index (Phi) is 8.23. The molecule has 0 aliphatic carbocycles. The maximum Gasteiger partial charge on any atom is 0.191 e. The molecule has 27 heavy (non-hydrogen) atoms. The van der Waals surface area contributed by atoms with Crippen LogP contribution >= 0.6 is 24.0 Å². The molecule has 2 aliphatic rings. The van der Waals surface area contributed by atoms with Gasteiger partial charge in [0.1, 0.15) is 11.6 Å². The van der Waals surface area contributed by atoms with Gasteiger partial charge in [-0.25, -0.2) is 8.78 Å². The number of halogens is 3. The number of benzene rings is 1. The van der Waals surface area contributed by atoms with E-state index in [1.165, 1.54) is 18.2 Å². The van der Waals surface area contributed by atoms with Crippen molar-refractivity contribution in [2.24, 2.45) is 4.99 Å². The molecule has 4 atom stereocenters. The number of aliphatic imine (C=N–C) groups is 1. The highest BCUT2D eigenvalue weighted by atomic mass is 127. The predicted octanol–water partition coefficient (Wildman–Crippen LogP) is 3.06. The molecule has 2 bridgehead atoms. The van der Waals surface area contributed by atoms with Crippen molar-refractivity contribution < 1.29 is 13.5 Å². The Labute approximate surface area is 177 Å². The summed E-state index contributed by atoms with van der Waals surface area (Å²) in [6, 6.07) is 3.71. The van der Waals surface area contributed by atoms with Gasteiger partial charge in [-0.05, 0) is 52.4 Å². The van der Waals surface area contributed by atoms with E-state index in [0.717, 1.165) is 19.3 Å². The van der Waals surface area contributed by atoms with Gasteiger partial charge in [0.25, 0.3) is 0 Å². The van der Waals surface area contributed by atoms with Crippen molar-refractivity contribution in [2.75, 3.05) is 27.2 Å². The second-order valence-corrected chi connectivity index (χ2v) is 7.19. The third-order valence-electron chi connectivity index (χ3n) is 5.15. The number of rotatable bonds is 6. The first kappa shape index (κ1) is 22.3. The van der Waals surface area contributed by atoms with Crippen LogP contribution in [0.15, 0.2) is 23.2 Å². The van der Waals surface area contributed by atoms with Gasteiger partial charge in [-0.15, -0.1) is 24.0 Å². The summed E-state index contributed by atoms with van der Waals surface area (Å²) in [7, 11) is 3.60. The van der Waals surface area contributed by atoms with E-state index in [0.29, 0.717) is 18.6 Å². The Morgan fingerprint density at radius 1 is 1.30 bits per heavy atom. The molecule has 2 saturated heterocycles. The molecule has 1 aromatic carbocycles. The zero-order valence-electron chi connectivity index (χ0n) is 16.0. The summed E-state index contributed by atoms with van der Waals surface area (Å²) in [4.78, 5) is 6.39. The van der Waals surface area contributed by atoms with Crippen molar-refractivity contribution >= 4 is 29.9 Å². The van der Waals surface area contributed by atoms with Crippen LogP contribution in [0.3, 0.4) is 0 Å². The Balaban J connectivity index is 0.00000261. The number of hydrogen-bond donors (Lipinski definition) is 2. The molecule has 8 heteroatoms. The van der Waals surface area contributed by atoms with E-state index in [9.17, 15) is 8.78 Å². The van der Waals surface area contributed by atoms with E-state index in [1.54, 1.807) is 19.0 Å². The van der Waals surface area contributed by atoms with Crippen molar-refractivity contribution in [3.63, 3.8) is 0 Å². The first-order valence-electron chi connectivity index (χ1n) is 9.30. The summed E-state index contributed by atoms with van der Waals surface area (Å²) in [5, 5.41) is 6.65. The molecule has 0 aromatic heterocycles. The topological polar surface area (TPSA) is 48.9 Å². The summed E-state index contributed by atoms with van der Waals surface area (Å²) >= 11 is 0. The van der Waals surface area contributed by atoms with Crippen LogP contribution < -0.4 is 10.6 Å². The number of nitrogens with zero attached hydrogens (tertiary/aromatic N) is 2. The second-order valence-electron chi connectivity index (χ2n) is 7.19. The minimum absolute atomic E-state index is 0. The number of nitrogens with one attached hydrogen (secondary N) is 2. The number of ether oxygens (including phenoxy) is 1. The van der Waals surface area contributed by atoms with Gasteiger partial charge in [0, 0.05) is 12.1 Å². The van der Waals surface area contributed by atoms with Gasteiger partial charge < -0.3 is 20.3 Å². The lowest BCUT2D eigenvalue weighted by atomic mass is 9.96. The summed E-state index contributed by atoms with van der Waals surface area (Å²) < 4.78 is 34.3. The molecule has 0 radical (unpaired) electrons. The summed E-state index contributed by atoms with van der Waals surface area (Å²) in [6.45, 7) is 2.96. The predicted molar refractivity (Wildman–Crippen MR) is 114 cm³/mol. The molecule has 2 N–H and O–H groups in total. The Morgan fingerprint density at radius 3 is 2.52 bits per heavy atom. The lowest BCUT2D eigenvalue weighted by Crippen LogP contribution is -2.47. The monoisotopic (exact) mass is 494 g/mol. The van der Waals surface area contributed by atoms with Crippen LogP contribution in [-0.2, 0) is 4.74 Å². The maximum absolute atomic E-state index is 14.2. The molecule has 2 fully saturated rings. The first-order valence-corrected chi connectivity index (χ1v) is 9.30. The fourth-order valence-electron chi connectivity index (χ4n) is 3.80. The fourth-order valence-corrected chi connectivity index (χ4v) is 3.80. The summed E-state index contributed by atoms with van der Waals surface area (Å²) in [5.74, 6) is -0.422. The third kappa shape index (κ3) is 5.29. The molecule has 2 heterocycles. The van der Waals surface area contributed by atoms with Crippen LogP contribution in [0.4, 0.5) is 8.78 Å². The Hall–Kier alpha value is -1.00. The number of guanidine groups is 1. The smallest absolute Gasteiger partial charge is 0.191 e. The van der Waals surface area contributed by atoms with Gasteiger partial charge in [-0.3, -0.25) is 4.99 Å². The van der Waals surface area contributed by atoms with Crippen molar-refractivity contribution in [2.45, 2.75) is 50.5 Å². The van der Waals surface area contributed by atoms with Crippen molar-refractivity contribution in [1.82, 2.24) is 15.5 Å². The lowest BCUT2D eigenvalue weighted by molar-refractivity contribution is 0.0992. The summed E-state index contributed by atoms with van der Waals surface area (Å²) in [5.41, 5.74) is 0.0559. The molecule has 4 unspecified atom stereocenters. The zero-order chi connectivity index (χ0) is 18.7. The number of fused-ring (bicyclic) bond motifs is 2. The number of likely N-dealkylation sites (N-methyl/N-ethyl adjacent to an activating group) is 1. The normalized spacial score (nSPS) is 25.4. The molecule has 0 spiro atoms. The molecule has 0 saturated carbocycles. The fraction of sp³-hybridized carbons (Fsp3) is 0.632. The van der Waals surface area contributed by atoms with E-state index in [-0.39, 0.29) is 48.2 Å². The van der Waals surface area contributed by atoms with Crippen LogP contribution in [0.5, 0.6) is 0 Å². The SMILES string of the molecule is CCNC(=NCC(c1c(F)cccc1F)N(C)C)NC1CC2CCC1O2.I. The maximum atomic E-state index is 14.2. The van der Waals surface area contributed by atoms with E-state index in [4.69, 9.17) is 4.74 Å². The van der Waals surface area contributed by atoms with Gasteiger partial charge >= 0.3 is 0 Å². The second kappa shape index (κ2) is 9.97. The molecule has 5 nitrogen and oxygen atoms in total. The van der Waals surface area contributed by atoms with E-state index < -0.39 is 17.7 Å². The highest BCUT2D eigenvalue weighted by molar-refractivity contribution is 14.0. The van der Waals surface area contributed by atoms with E-state index >= 15 is 0 Å². The first-order chi connectivity index (χ1) is 12.5. The molecular formula is C19H29F2IN4O. The molecule has 3 rings (SSSR count). The zero-order valence-corrected chi connectivity index (χ0v) is 18.4. The third-order valence-corrected chi connectivity index (χ3v) is 5.15. The van der Waals surface area contributed by atoms with Crippen LogP contribution in [0.25, 0.3) is 0 Å². The number of hydrogen-bond acceptors (Lipinski definition) is 3. The van der Waals surface area contributed by atoms with Gasteiger partial charge in [0.2, 0.25) is 0 Å². The average Bonchev–Trinajstić information content (AvgIpc) is 3.20. The quantitative estimate of drug-likeness (QED) is 0.363. The average molecular weight is 494 g/mol. The van der Waals surface area contributed by atoms with Gasteiger partial charge in [-0.2, -0.15) is 0 Å². The van der Waals surface area contributed by atoms with Crippen molar-refractivity contribution in [3.8, 4) is 0 Å². The van der Waals surface area contributed by atoms with Crippen LogP contribution in [0.1, 0.15) is 37.8 Å². The van der Waals surface area contributed by atoms with E-state index in [2.05, 4.69) is 15.6 Å².